The number of hydrogen-bond acceptors (Lipinski definition) is 5. The van der Waals surface area contributed by atoms with E-state index in [-0.39, 0.29) is 12.0 Å². The van der Waals surface area contributed by atoms with E-state index < -0.39 is 0 Å². The normalized spacial score (nSPS) is 22.9. The van der Waals surface area contributed by atoms with Gasteiger partial charge in [-0.25, -0.2) is 0 Å². The van der Waals surface area contributed by atoms with Gasteiger partial charge in [0.1, 0.15) is 0 Å². The maximum absolute atomic E-state index is 9.53. The van der Waals surface area contributed by atoms with E-state index in [1.54, 1.807) is 0 Å². The van der Waals surface area contributed by atoms with Gasteiger partial charge in [0, 0.05) is 24.1 Å². The highest BCUT2D eigenvalue weighted by molar-refractivity contribution is 5.52. The van der Waals surface area contributed by atoms with Crippen molar-refractivity contribution in [1.29, 1.82) is 0 Å². The molecule has 1 N–H and O–H groups in total. The molecule has 5 heteroatoms. The van der Waals surface area contributed by atoms with Crippen molar-refractivity contribution in [3.8, 4) is 11.5 Å². The second-order valence-corrected chi connectivity index (χ2v) is 6.65. The van der Waals surface area contributed by atoms with Gasteiger partial charge in [-0.05, 0) is 38.4 Å². The Morgan fingerprint density at radius 1 is 1.27 bits per heavy atom. The van der Waals surface area contributed by atoms with Gasteiger partial charge >= 0.3 is 0 Å². The van der Waals surface area contributed by atoms with Crippen LogP contribution in [0.1, 0.15) is 31.2 Å². The molecule has 1 atom stereocenters. The molecule has 0 amide bonds. The van der Waals surface area contributed by atoms with E-state index in [4.69, 9.17) is 4.42 Å². The van der Waals surface area contributed by atoms with Gasteiger partial charge in [-0.15, -0.1) is 10.2 Å². The van der Waals surface area contributed by atoms with Gasteiger partial charge in [-0.1, -0.05) is 24.6 Å². The Morgan fingerprint density at radius 2 is 2.05 bits per heavy atom. The van der Waals surface area contributed by atoms with Crippen molar-refractivity contribution in [3.63, 3.8) is 0 Å². The summed E-state index contributed by atoms with van der Waals surface area (Å²) in [5, 5.41) is 17.8. The molecule has 22 heavy (non-hydrogen) atoms. The van der Waals surface area contributed by atoms with Crippen molar-refractivity contribution in [2.45, 2.75) is 33.2 Å². The molecule has 1 fully saturated rings. The fourth-order valence-corrected chi connectivity index (χ4v) is 3.01. The third kappa shape index (κ3) is 3.36. The quantitative estimate of drug-likeness (QED) is 0.940. The summed E-state index contributed by atoms with van der Waals surface area (Å²) in [7, 11) is 0. The summed E-state index contributed by atoms with van der Waals surface area (Å²) in [6.45, 7) is 6.93. The van der Waals surface area contributed by atoms with Gasteiger partial charge in [0.2, 0.25) is 11.8 Å². The van der Waals surface area contributed by atoms with E-state index in [2.05, 4.69) is 28.9 Å². The fraction of sp³-hybridized carbons (Fsp3) is 0.529. The van der Waals surface area contributed by atoms with E-state index >= 15 is 0 Å². The van der Waals surface area contributed by atoms with Crippen LogP contribution >= 0.6 is 0 Å². The highest BCUT2D eigenvalue weighted by atomic mass is 16.4. The van der Waals surface area contributed by atoms with Crippen LogP contribution in [0, 0.1) is 12.3 Å². The number of piperidine rings is 1. The highest BCUT2D eigenvalue weighted by Crippen LogP contribution is 2.29. The average molecular weight is 301 g/mol. The number of aryl methyl sites for hydroxylation is 1. The summed E-state index contributed by atoms with van der Waals surface area (Å²) < 4.78 is 5.79. The molecule has 118 valence electrons. The van der Waals surface area contributed by atoms with E-state index in [1.807, 2.05) is 24.3 Å². The first-order valence-corrected chi connectivity index (χ1v) is 7.81. The molecule has 1 aromatic carbocycles. The van der Waals surface area contributed by atoms with E-state index in [9.17, 15) is 5.11 Å². The van der Waals surface area contributed by atoms with Gasteiger partial charge in [0.15, 0.2) is 0 Å². The van der Waals surface area contributed by atoms with Crippen molar-refractivity contribution in [3.05, 3.63) is 35.7 Å². The topological polar surface area (TPSA) is 62.4 Å². The number of aromatic nitrogens is 2. The fourth-order valence-electron chi connectivity index (χ4n) is 3.01. The first kappa shape index (κ1) is 15.2. The minimum absolute atomic E-state index is 0.0158. The second-order valence-electron chi connectivity index (χ2n) is 6.65. The van der Waals surface area contributed by atoms with Crippen LogP contribution in [0.15, 0.2) is 28.7 Å². The largest absolute Gasteiger partial charge is 0.419 e. The lowest BCUT2D eigenvalue weighted by molar-refractivity contribution is 0.0392. The molecule has 0 radical (unpaired) electrons. The monoisotopic (exact) mass is 301 g/mol. The second kappa shape index (κ2) is 6.18. The van der Waals surface area contributed by atoms with Gasteiger partial charge in [-0.3, -0.25) is 4.90 Å². The molecule has 1 saturated heterocycles. The van der Waals surface area contributed by atoms with Gasteiger partial charge in [0.05, 0.1) is 6.54 Å². The Morgan fingerprint density at radius 3 is 2.77 bits per heavy atom. The minimum Gasteiger partial charge on any atom is -0.419 e. The van der Waals surface area contributed by atoms with Gasteiger partial charge < -0.3 is 9.52 Å². The molecule has 0 spiro atoms. The lowest BCUT2D eigenvalue weighted by Gasteiger charge is -2.38. The zero-order valence-electron chi connectivity index (χ0n) is 13.2. The number of benzene rings is 1. The van der Waals surface area contributed by atoms with E-state index in [0.717, 1.165) is 31.5 Å². The lowest BCUT2D eigenvalue weighted by Crippen LogP contribution is -2.43. The molecule has 2 heterocycles. The highest BCUT2D eigenvalue weighted by Gasteiger charge is 2.30. The van der Waals surface area contributed by atoms with Crippen LogP contribution in [0.25, 0.3) is 11.5 Å². The molecule has 3 rings (SSSR count). The van der Waals surface area contributed by atoms with Crippen LogP contribution in [0.2, 0.25) is 0 Å². The first-order chi connectivity index (χ1) is 10.6. The Balaban J connectivity index is 1.68. The molecule has 1 unspecified atom stereocenters. The smallest absolute Gasteiger partial charge is 0.247 e. The molecule has 0 saturated carbocycles. The number of rotatable bonds is 4. The maximum atomic E-state index is 9.53. The zero-order valence-corrected chi connectivity index (χ0v) is 13.2. The number of nitrogens with zero attached hydrogens (tertiary/aromatic N) is 3. The molecule has 5 nitrogen and oxygen atoms in total. The van der Waals surface area contributed by atoms with Crippen LogP contribution in [0.5, 0.6) is 0 Å². The van der Waals surface area contributed by atoms with Crippen LogP contribution in [-0.2, 0) is 6.54 Å². The summed E-state index contributed by atoms with van der Waals surface area (Å²) in [4.78, 5) is 2.28. The van der Waals surface area contributed by atoms with Gasteiger partial charge in [0.25, 0.3) is 0 Å². The van der Waals surface area contributed by atoms with Crippen molar-refractivity contribution in [2.24, 2.45) is 5.41 Å². The Kier molecular flexibility index (Phi) is 4.27. The predicted molar refractivity (Wildman–Crippen MR) is 84.2 cm³/mol. The molecule has 1 aliphatic heterocycles. The third-order valence-corrected chi connectivity index (χ3v) is 4.37. The van der Waals surface area contributed by atoms with E-state index in [1.165, 1.54) is 5.56 Å². The zero-order chi connectivity index (χ0) is 15.6. The molecular weight excluding hydrogens is 278 g/mol. The molecular formula is C17H23N3O2. The molecule has 0 aliphatic carbocycles. The van der Waals surface area contributed by atoms with E-state index in [0.29, 0.717) is 18.3 Å². The minimum atomic E-state index is -0.0158. The number of hydrogen-bond donors (Lipinski definition) is 1. The number of likely N-dealkylation sites (tertiary alicyclic amines) is 1. The van der Waals surface area contributed by atoms with Crippen molar-refractivity contribution >= 4 is 0 Å². The SMILES string of the molecule is Cc1ccc(-c2nnc(CN3CCCC(C)(CO)C3)o2)cc1. The Labute approximate surface area is 131 Å². The Bertz CT molecular complexity index is 623. The predicted octanol–water partition coefficient (Wildman–Crippen LogP) is 2.64. The number of aliphatic hydroxyl groups is 1. The standard InChI is InChI=1S/C17H23N3O2/c1-13-4-6-14(7-5-13)16-19-18-15(22-16)10-20-9-3-8-17(2,11-20)12-21/h4-7,21H,3,8-12H2,1-2H3. The van der Waals surface area contributed by atoms with Crippen LogP contribution in [-0.4, -0.2) is 39.9 Å². The Hall–Kier alpha value is -1.72. The summed E-state index contributed by atoms with van der Waals surface area (Å²) in [6, 6.07) is 8.07. The van der Waals surface area contributed by atoms with Crippen LogP contribution in [0.4, 0.5) is 0 Å². The first-order valence-electron chi connectivity index (χ1n) is 7.81. The summed E-state index contributed by atoms with van der Waals surface area (Å²) in [5.41, 5.74) is 2.14. The van der Waals surface area contributed by atoms with Crippen LogP contribution in [0.3, 0.4) is 0 Å². The molecule has 2 aromatic rings. The van der Waals surface area contributed by atoms with Crippen LogP contribution < -0.4 is 0 Å². The average Bonchev–Trinajstić information content (AvgIpc) is 2.96. The summed E-state index contributed by atoms with van der Waals surface area (Å²) in [5.74, 6) is 1.20. The van der Waals surface area contributed by atoms with Crippen molar-refractivity contribution in [2.75, 3.05) is 19.7 Å². The lowest BCUT2D eigenvalue weighted by atomic mass is 9.83. The van der Waals surface area contributed by atoms with Crippen molar-refractivity contribution < 1.29 is 9.52 Å². The third-order valence-electron chi connectivity index (χ3n) is 4.37. The number of aliphatic hydroxyl groups excluding tert-OH is 1. The van der Waals surface area contributed by atoms with Gasteiger partial charge in [-0.2, -0.15) is 0 Å². The van der Waals surface area contributed by atoms with Crippen molar-refractivity contribution in [1.82, 2.24) is 15.1 Å². The molecule has 0 bridgehead atoms. The summed E-state index contributed by atoms with van der Waals surface area (Å²) >= 11 is 0. The molecule has 1 aliphatic rings. The summed E-state index contributed by atoms with van der Waals surface area (Å²) in [6.07, 6.45) is 2.16. The molecule has 1 aromatic heterocycles. The maximum Gasteiger partial charge on any atom is 0.247 e.